The van der Waals surface area contributed by atoms with Crippen LogP contribution in [0.3, 0.4) is 0 Å². The van der Waals surface area contributed by atoms with Gasteiger partial charge >= 0.3 is 0 Å². The molecule has 6 heteroatoms. The highest BCUT2D eigenvalue weighted by Gasteiger charge is 2.19. The van der Waals surface area contributed by atoms with E-state index in [2.05, 4.69) is 22.2 Å². The summed E-state index contributed by atoms with van der Waals surface area (Å²) in [5.74, 6) is 0.765. The number of nitrogens with one attached hydrogen (secondary N) is 1. The number of anilines is 1. The molecule has 0 bridgehead atoms. The van der Waals surface area contributed by atoms with Crippen LogP contribution in [0, 0.1) is 6.92 Å². The molecule has 6 nitrogen and oxygen atoms in total. The minimum absolute atomic E-state index is 0.154. The van der Waals surface area contributed by atoms with Gasteiger partial charge in [-0.1, -0.05) is 26.2 Å². The number of benzene rings is 1. The van der Waals surface area contributed by atoms with Crippen molar-refractivity contribution in [2.75, 3.05) is 18.9 Å². The Balaban J connectivity index is 2.19. The van der Waals surface area contributed by atoms with Crippen LogP contribution in [0.15, 0.2) is 24.3 Å². The Kier molecular flexibility index (Phi) is 7.38. The second-order valence-electron chi connectivity index (χ2n) is 6.18. The lowest BCUT2D eigenvalue weighted by molar-refractivity contribution is 0.0955. The van der Waals surface area contributed by atoms with Gasteiger partial charge in [-0.3, -0.25) is 4.79 Å². The van der Waals surface area contributed by atoms with Gasteiger partial charge in [0.15, 0.2) is 0 Å². The molecule has 0 radical (unpaired) electrons. The van der Waals surface area contributed by atoms with Gasteiger partial charge in [0, 0.05) is 12.1 Å². The van der Waals surface area contributed by atoms with Crippen molar-refractivity contribution in [1.29, 1.82) is 0 Å². The molecular formula is C20H28N4O2. The number of hydrogen-bond donors (Lipinski definition) is 2. The first-order valence-electron chi connectivity index (χ1n) is 9.22. The molecule has 1 aromatic carbocycles. The van der Waals surface area contributed by atoms with Crippen molar-refractivity contribution in [2.24, 2.45) is 0 Å². The van der Waals surface area contributed by atoms with Gasteiger partial charge in [-0.25, -0.2) is 9.97 Å². The first-order chi connectivity index (χ1) is 12.6. The Morgan fingerprint density at radius 3 is 2.50 bits per heavy atom. The molecule has 1 heterocycles. The number of hydrogen-bond acceptors (Lipinski definition) is 5. The third-order valence-corrected chi connectivity index (χ3v) is 4.07. The molecule has 26 heavy (non-hydrogen) atoms. The molecule has 0 aliphatic rings. The smallest absolute Gasteiger partial charge is 0.255 e. The van der Waals surface area contributed by atoms with Crippen LogP contribution >= 0.6 is 0 Å². The van der Waals surface area contributed by atoms with E-state index in [-0.39, 0.29) is 11.9 Å². The maximum absolute atomic E-state index is 12.4. The molecule has 0 atom stereocenters. The van der Waals surface area contributed by atoms with Crippen molar-refractivity contribution >= 4 is 11.9 Å². The van der Waals surface area contributed by atoms with Crippen molar-refractivity contribution in [1.82, 2.24) is 15.3 Å². The molecule has 3 N–H and O–H groups in total. The molecule has 2 aromatic rings. The summed E-state index contributed by atoms with van der Waals surface area (Å²) in [6, 6.07) is 7.57. The minimum atomic E-state index is -0.198. The molecule has 2 rings (SSSR count). The standard InChI is InChI=1S/C20H28N4O2/c1-4-6-7-8-13-26-16-11-9-15(10-12-16)18-17(19(25)22-5-2)14(3)23-20(21)24-18/h9-12H,4-8,13H2,1-3H3,(H,22,25)(H2,21,23,24). The van der Waals surface area contributed by atoms with Gasteiger partial charge in [0.2, 0.25) is 5.95 Å². The van der Waals surface area contributed by atoms with Gasteiger partial charge in [0.1, 0.15) is 5.75 Å². The van der Waals surface area contributed by atoms with E-state index in [0.717, 1.165) is 17.7 Å². The van der Waals surface area contributed by atoms with Crippen LogP contribution in [-0.2, 0) is 0 Å². The Labute approximate surface area is 155 Å². The van der Waals surface area contributed by atoms with E-state index >= 15 is 0 Å². The highest BCUT2D eigenvalue weighted by atomic mass is 16.5. The van der Waals surface area contributed by atoms with Gasteiger partial charge in [0.25, 0.3) is 5.91 Å². The molecular weight excluding hydrogens is 328 g/mol. The second kappa shape index (κ2) is 9.75. The van der Waals surface area contributed by atoms with Crippen molar-refractivity contribution in [2.45, 2.75) is 46.5 Å². The molecule has 0 aliphatic carbocycles. The van der Waals surface area contributed by atoms with Crippen LogP contribution in [0.4, 0.5) is 5.95 Å². The molecule has 0 aliphatic heterocycles. The van der Waals surface area contributed by atoms with Crippen molar-refractivity contribution in [3.05, 3.63) is 35.5 Å². The van der Waals surface area contributed by atoms with Crippen LogP contribution in [0.25, 0.3) is 11.3 Å². The van der Waals surface area contributed by atoms with E-state index in [4.69, 9.17) is 10.5 Å². The van der Waals surface area contributed by atoms with Crippen molar-refractivity contribution in [3.63, 3.8) is 0 Å². The van der Waals surface area contributed by atoms with Gasteiger partial charge in [-0.15, -0.1) is 0 Å². The summed E-state index contributed by atoms with van der Waals surface area (Å²) in [5, 5.41) is 2.80. The summed E-state index contributed by atoms with van der Waals surface area (Å²) in [5.41, 5.74) is 8.16. The van der Waals surface area contributed by atoms with E-state index in [1.165, 1.54) is 19.3 Å². The minimum Gasteiger partial charge on any atom is -0.494 e. The summed E-state index contributed by atoms with van der Waals surface area (Å²) in [6.45, 7) is 7.07. The number of nitrogens with zero attached hydrogens (tertiary/aromatic N) is 2. The first-order valence-corrected chi connectivity index (χ1v) is 9.22. The summed E-state index contributed by atoms with van der Waals surface area (Å²) in [6.07, 6.45) is 4.69. The topological polar surface area (TPSA) is 90.1 Å². The van der Waals surface area contributed by atoms with Crippen LogP contribution in [-0.4, -0.2) is 29.0 Å². The van der Waals surface area contributed by atoms with E-state index in [1.807, 2.05) is 31.2 Å². The Morgan fingerprint density at radius 2 is 1.85 bits per heavy atom. The van der Waals surface area contributed by atoms with Gasteiger partial charge in [-0.2, -0.15) is 0 Å². The molecule has 0 unspecified atom stereocenters. The number of unbranched alkanes of at least 4 members (excludes halogenated alkanes) is 3. The maximum atomic E-state index is 12.4. The van der Waals surface area contributed by atoms with Crippen LogP contribution in [0.5, 0.6) is 5.75 Å². The average molecular weight is 356 g/mol. The third kappa shape index (κ3) is 5.18. The Bertz CT molecular complexity index is 729. The summed E-state index contributed by atoms with van der Waals surface area (Å²) in [7, 11) is 0. The lowest BCUT2D eigenvalue weighted by atomic mass is 10.0. The lowest BCUT2D eigenvalue weighted by Gasteiger charge is -2.12. The van der Waals surface area contributed by atoms with Gasteiger partial charge < -0.3 is 15.8 Å². The molecule has 0 saturated carbocycles. The van der Waals surface area contributed by atoms with Crippen LogP contribution in [0.2, 0.25) is 0 Å². The maximum Gasteiger partial charge on any atom is 0.255 e. The van der Waals surface area contributed by atoms with Crippen molar-refractivity contribution < 1.29 is 9.53 Å². The zero-order valence-corrected chi connectivity index (χ0v) is 15.8. The van der Waals surface area contributed by atoms with Gasteiger partial charge in [-0.05, 0) is 44.5 Å². The van der Waals surface area contributed by atoms with Crippen molar-refractivity contribution in [3.8, 4) is 17.0 Å². The average Bonchev–Trinajstić information content (AvgIpc) is 2.61. The zero-order valence-electron chi connectivity index (χ0n) is 15.8. The predicted molar refractivity (Wildman–Crippen MR) is 104 cm³/mol. The fourth-order valence-electron chi connectivity index (χ4n) is 2.75. The third-order valence-electron chi connectivity index (χ3n) is 4.07. The van der Waals surface area contributed by atoms with Crippen LogP contribution in [0.1, 0.15) is 55.6 Å². The molecule has 0 saturated heterocycles. The SMILES string of the molecule is CCCCCCOc1ccc(-c2nc(N)nc(C)c2C(=O)NCC)cc1. The van der Waals surface area contributed by atoms with E-state index < -0.39 is 0 Å². The second-order valence-corrected chi connectivity index (χ2v) is 6.18. The molecule has 140 valence electrons. The Morgan fingerprint density at radius 1 is 1.12 bits per heavy atom. The highest BCUT2D eigenvalue weighted by molar-refractivity contribution is 6.01. The number of aromatic nitrogens is 2. The van der Waals surface area contributed by atoms with Crippen LogP contribution < -0.4 is 15.8 Å². The fourth-order valence-corrected chi connectivity index (χ4v) is 2.75. The number of carbonyl (C=O) groups is 1. The number of nitrogen functional groups attached to an aromatic ring is 1. The summed E-state index contributed by atoms with van der Waals surface area (Å²) >= 11 is 0. The number of rotatable bonds is 9. The summed E-state index contributed by atoms with van der Waals surface area (Å²) < 4.78 is 5.77. The fraction of sp³-hybridized carbons (Fsp3) is 0.450. The predicted octanol–water partition coefficient (Wildman–Crippen LogP) is 3.74. The van der Waals surface area contributed by atoms with E-state index in [1.54, 1.807) is 6.92 Å². The zero-order chi connectivity index (χ0) is 18.9. The molecule has 1 amide bonds. The quantitative estimate of drug-likeness (QED) is 0.668. The normalized spacial score (nSPS) is 10.6. The first kappa shape index (κ1) is 19.7. The number of aryl methyl sites for hydroxylation is 1. The Hall–Kier alpha value is -2.63. The summed E-state index contributed by atoms with van der Waals surface area (Å²) in [4.78, 5) is 20.8. The molecule has 1 aromatic heterocycles. The van der Waals surface area contributed by atoms with E-state index in [9.17, 15) is 4.79 Å². The number of carbonyl (C=O) groups excluding carboxylic acids is 1. The largest absolute Gasteiger partial charge is 0.494 e. The molecule has 0 spiro atoms. The molecule has 0 fully saturated rings. The number of ether oxygens (including phenoxy) is 1. The number of amides is 1. The lowest BCUT2D eigenvalue weighted by Crippen LogP contribution is -2.25. The monoisotopic (exact) mass is 356 g/mol. The highest BCUT2D eigenvalue weighted by Crippen LogP contribution is 2.26. The number of nitrogens with two attached hydrogens (primary N) is 1. The van der Waals surface area contributed by atoms with E-state index in [0.29, 0.717) is 30.1 Å². The van der Waals surface area contributed by atoms with Gasteiger partial charge in [0.05, 0.1) is 23.6 Å².